The van der Waals surface area contributed by atoms with Crippen molar-refractivity contribution in [3.8, 4) is 11.4 Å². The largest absolute Gasteiger partial charge is 0.489 e. The van der Waals surface area contributed by atoms with Gasteiger partial charge >= 0.3 is 12.2 Å². The average Bonchev–Trinajstić information content (AvgIpc) is 3.23. The van der Waals surface area contributed by atoms with Crippen LogP contribution in [0.25, 0.3) is 5.69 Å². The van der Waals surface area contributed by atoms with Crippen LogP contribution in [0.4, 0.5) is 28.0 Å². The molecule has 0 atom stereocenters. The van der Waals surface area contributed by atoms with E-state index in [1.165, 1.54) is 47.1 Å². The van der Waals surface area contributed by atoms with Crippen LogP contribution >= 0.6 is 0 Å². The number of anilines is 1. The molecule has 0 radical (unpaired) electrons. The zero-order valence-corrected chi connectivity index (χ0v) is 15.9. The molecule has 30 heavy (non-hydrogen) atoms. The minimum absolute atomic E-state index is 0.000538. The lowest BCUT2D eigenvalue weighted by molar-refractivity contribution is -0.137. The van der Waals surface area contributed by atoms with Crippen LogP contribution < -0.4 is 10.1 Å². The van der Waals surface area contributed by atoms with Crippen LogP contribution in [0.15, 0.2) is 60.9 Å². The number of para-hydroxylation sites is 1. The Labute approximate surface area is 169 Å². The molecule has 3 aromatic rings. The van der Waals surface area contributed by atoms with Gasteiger partial charge in [-0.1, -0.05) is 12.1 Å². The number of halogens is 4. The number of hydrogen-bond acceptors (Lipinski definition) is 3. The maximum absolute atomic E-state index is 13.6. The maximum Gasteiger partial charge on any atom is 0.416 e. The molecule has 0 saturated heterocycles. The molecule has 0 spiro atoms. The Bertz CT molecular complexity index is 1010. The van der Waals surface area contributed by atoms with Crippen molar-refractivity contribution in [2.24, 2.45) is 0 Å². The maximum atomic E-state index is 13.6. The number of ether oxygens (including phenoxy) is 1. The standard InChI is InChI=1S/C20H18F4N4O2/c1-27(11-12-30-18-6-3-2-5-15(18)21)19(29)26-16-13-14(20(22,23)24)7-8-17(16)28-10-4-9-25-28/h2-10,13H,11-12H2,1H3,(H,26,29). The zero-order chi connectivity index (χ0) is 21.7. The predicted octanol–water partition coefficient (Wildman–Crippen LogP) is 4.57. The van der Waals surface area contributed by atoms with Crippen LogP contribution in [0.5, 0.6) is 5.75 Å². The number of hydrogen-bond donors (Lipinski definition) is 1. The molecule has 0 aliphatic heterocycles. The van der Waals surface area contributed by atoms with Crippen molar-refractivity contribution in [2.45, 2.75) is 6.18 Å². The summed E-state index contributed by atoms with van der Waals surface area (Å²) in [6.45, 7) is 0.0791. The highest BCUT2D eigenvalue weighted by Crippen LogP contribution is 2.33. The number of nitrogens with one attached hydrogen (secondary N) is 1. The SMILES string of the molecule is CN(CCOc1ccccc1F)C(=O)Nc1cc(C(F)(F)F)ccc1-n1cccn1. The number of rotatable bonds is 6. The summed E-state index contributed by atoms with van der Waals surface area (Å²) in [5.74, 6) is -0.484. The number of carbonyl (C=O) groups excluding carboxylic acids is 1. The van der Waals surface area contributed by atoms with Crippen molar-refractivity contribution in [3.05, 3.63) is 72.3 Å². The Morgan fingerprint density at radius 1 is 1.20 bits per heavy atom. The van der Waals surface area contributed by atoms with E-state index in [2.05, 4.69) is 10.4 Å². The van der Waals surface area contributed by atoms with Crippen LogP contribution in [-0.2, 0) is 6.18 Å². The smallest absolute Gasteiger partial charge is 0.416 e. The van der Waals surface area contributed by atoms with Crippen LogP contribution in [0.3, 0.4) is 0 Å². The van der Waals surface area contributed by atoms with Gasteiger partial charge in [0.1, 0.15) is 6.61 Å². The summed E-state index contributed by atoms with van der Waals surface area (Å²) in [6, 6.07) is 9.77. The van der Waals surface area contributed by atoms with Crippen molar-refractivity contribution in [1.82, 2.24) is 14.7 Å². The summed E-state index contributed by atoms with van der Waals surface area (Å²) < 4.78 is 59.5. The van der Waals surface area contributed by atoms with Gasteiger partial charge in [-0.05, 0) is 36.4 Å². The van der Waals surface area contributed by atoms with Gasteiger partial charge in [0.15, 0.2) is 11.6 Å². The zero-order valence-electron chi connectivity index (χ0n) is 15.9. The molecule has 1 aromatic heterocycles. The van der Waals surface area contributed by atoms with Crippen molar-refractivity contribution < 1.29 is 27.1 Å². The molecule has 0 fully saturated rings. The van der Waals surface area contributed by atoms with Gasteiger partial charge in [-0.3, -0.25) is 0 Å². The van der Waals surface area contributed by atoms with Gasteiger partial charge in [-0.15, -0.1) is 0 Å². The lowest BCUT2D eigenvalue weighted by Crippen LogP contribution is -2.35. The fraction of sp³-hybridized carbons (Fsp3) is 0.200. The molecule has 158 valence electrons. The summed E-state index contributed by atoms with van der Waals surface area (Å²) in [5, 5.41) is 6.47. The van der Waals surface area contributed by atoms with E-state index in [0.717, 1.165) is 12.1 Å². The molecule has 0 saturated carbocycles. The van der Waals surface area contributed by atoms with E-state index >= 15 is 0 Å². The molecule has 1 N–H and O–H groups in total. The molecule has 1 heterocycles. The molecule has 10 heteroatoms. The summed E-state index contributed by atoms with van der Waals surface area (Å²) in [6.07, 6.45) is -1.55. The molecule has 2 amide bonds. The quantitative estimate of drug-likeness (QED) is 0.592. The highest BCUT2D eigenvalue weighted by molar-refractivity contribution is 5.91. The van der Waals surface area contributed by atoms with Gasteiger partial charge in [0.05, 0.1) is 23.5 Å². The molecular formula is C20H18F4N4O2. The Morgan fingerprint density at radius 2 is 1.97 bits per heavy atom. The Balaban J connectivity index is 1.70. The monoisotopic (exact) mass is 422 g/mol. The van der Waals surface area contributed by atoms with Crippen molar-refractivity contribution >= 4 is 11.7 Å². The Morgan fingerprint density at radius 3 is 2.63 bits per heavy atom. The first-order chi connectivity index (χ1) is 14.3. The van der Waals surface area contributed by atoms with E-state index in [9.17, 15) is 22.4 Å². The number of aromatic nitrogens is 2. The second-order valence-electron chi connectivity index (χ2n) is 6.31. The Hall–Kier alpha value is -3.56. The van der Waals surface area contributed by atoms with Gasteiger partial charge in [0.2, 0.25) is 0 Å². The number of likely N-dealkylation sites (N-methyl/N-ethyl adjacent to an activating group) is 1. The molecule has 0 aliphatic rings. The fourth-order valence-electron chi connectivity index (χ4n) is 2.59. The van der Waals surface area contributed by atoms with Gasteiger partial charge in [-0.25, -0.2) is 13.9 Å². The van der Waals surface area contributed by atoms with Crippen LogP contribution in [0.2, 0.25) is 0 Å². The molecule has 3 rings (SSSR count). The third-order valence-corrected chi connectivity index (χ3v) is 4.18. The second-order valence-corrected chi connectivity index (χ2v) is 6.31. The molecule has 0 bridgehead atoms. The van der Waals surface area contributed by atoms with Crippen LogP contribution in [-0.4, -0.2) is 40.9 Å². The van der Waals surface area contributed by atoms with Gasteiger partial charge in [0, 0.05) is 19.4 Å². The van der Waals surface area contributed by atoms with Gasteiger partial charge in [0.25, 0.3) is 0 Å². The van der Waals surface area contributed by atoms with Crippen molar-refractivity contribution in [3.63, 3.8) is 0 Å². The lowest BCUT2D eigenvalue weighted by Gasteiger charge is -2.20. The first-order valence-corrected chi connectivity index (χ1v) is 8.86. The topological polar surface area (TPSA) is 59.4 Å². The second kappa shape index (κ2) is 8.85. The number of amides is 2. The predicted molar refractivity (Wildman–Crippen MR) is 102 cm³/mol. The van der Waals surface area contributed by atoms with Crippen molar-refractivity contribution in [1.29, 1.82) is 0 Å². The van der Waals surface area contributed by atoms with Gasteiger partial charge < -0.3 is 15.0 Å². The summed E-state index contributed by atoms with van der Waals surface area (Å²) >= 11 is 0. The van der Waals surface area contributed by atoms with E-state index in [1.54, 1.807) is 18.3 Å². The summed E-state index contributed by atoms with van der Waals surface area (Å²) in [4.78, 5) is 13.7. The van der Waals surface area contributed by atoms with Crippen LogP contribution in [0, 0.1) is 5.82 Å². The number of nitrogens with zero attached hydrogens (tertiary/aromatic N) is 3. The number of benzene rings is 2. The van der Waals surface area contributed by atoms with E-state index < -0.39 is 23.6 Å². The minimum atomic E-state index is -4.57. The molecule has 2 aromatic carbocycles. The first-order valence-electron chi connectivity index (χ1n) is 8.86. The van der Waals surface area contributed by atoms with Crippen LogP contribution in [0.1, 0.15) is 5.56 Å². The summed E-state index contributed by atoms with van der Waals surface area (Å²) in [7, 11) is 1.45. The fourth-order valence-corrected chi connectivity index (χ4v) is 2.59. The molecular weight excluding hydrogens is 404 g/mol. The third kappa shape index (κ3) is 5.07. The van der Waals surface area contributed by atoms with E-state index in [0.29, 0.717) is 0 Å². The third-order valence-electron chi connectivity index (χ3n) is 4.18. The first kappa shape index (κ1) is 21.2. The number of urea groups is 1. The minimum Gasteiger partial charge on any atom is -0.489 e. The highest BCUT2D eigenvalue weighted by Gasteiger charge is 2.31. The van der Waals surface area contributed by atoms with E-state index in [-0.39, 0.29) is 30.3 Å². The average molecular weight is 422 g/mol. The van der Waals surface area contributed by atoms with Crippen molar-refractivity contribution in [2.75, 3.05) is 25.5 Å². The molecule has 0 unspecified atom stereocenters. The number of carbonyl (C=O) groups is 1. The van der Waals surface area contributed by atoms with E-state index in [4.69, 9.17) is 4.74 Å². The normalized spacial score (nSPS) is 11.2. The van der Waals surface area contributed by atoms with Gasteiger partial charge in [-0.2, -0.15) is 18.3 Å². The number of alkyl halides is 3. The van der Waals surface area contributed by atoms with E-state index in [1.807, 2.05) is 0 Å². The summed E-state index contributed by atoms with van der Waals surface area (Å²) in [5.41, 5.74) is -0.683. The lowest BCUT2D eigenvalue weighted by atomic mass is 10.1. The molecule has 0 aliphatic carbocycles. The molecule has 6 nitrogen and oxygen atoms in total. The Kier molecular flexibility index (Phi) is 6.24. The highest BCUT2D eigenvalue weighted by atomic mass is 19.4.